The van der Waals surface area contributed by atoms with E-state index in [2.05, 4.69) is 0 Å². The zero-order chi connectivity index (χ0) is 16.4. The quantitative estimate of drug-likeness (QED) is 0.464. The zero-order valence-corrected chi connectivity index (χ0v) is 13.0. The molecule has 9 atom stereocenters. The van der Waals surface area contributed by atoms with E-state index in [0.29, 0.717) is 13.0 Å². The van der Waals surface area contributed by atoms with Crippen molar-refractivity contribution < 1.29 is 29.8 Å². The number of hydrogen-bond donors (Lipinski definition) is 4. The Morgan fingerprint density at radius 1 is 1.26 bits per heavy atom. The van der Waals surface area contributed by atoms with Crippen molar-refractivity contribution in [3.63, 3.8) is 0 Å². The van der Waals surface area contributed by atoms with Crippen molar-refractivity contribution >= 4 is 15.3 Å². The van der Waals surface area contributed by atoms with E-state index in [1.807, 2.05) is 0 Å². The molecular formula is C15H23B2O6. The van der Waals surface area contributed by atoms with Crippen molar-refractivity contribution in [3.8, 4) is 0 Å². The summed E-state index contributed by atoms with van der Waals surface area (Å²) < 4.78 is 11.6. The van der Waals surface area contributed by atoms with Crippen LogP contribution in [0.15, 0.2) is 0 Å². The predicted octanol–water partition coefficient (Wildman–Crippen LogP) is -1.43. The van der Waals surface area contributed by atoms with Crippen LogP contribution < -0.4 is 0 Å². The maximum Gasteiger partial charge on any atom is 0.324 e. The Kier molecular flexibility index (Phi) is 3.87. The molecule has 1 aliphatic heterocycles. The molecule has 0 spiro atoms. The van der Waals surface area contributed by atoms with Crippen LogP contribution >= 0.6 is 0 Å². The van der Waals surface area contributed by atoms with E-state index in [4.69, 9.17) is 17.2 Å². The Hall–Kier alpha value is -0.110. The van der Waals surface area contributed by atoms with E-state index >= 15 is 0 Å². The SMILES string of the molecule is [B][C@H]1[C@H](O)[C@H](O)[C@]2(CO[B][C@@H]3O[C@@]4(CO)CCC[C@@H]3[C@@H]4O)C[C@H]12. The van der Waals surface area contributed by atoms with E-state index < -0.39 is 35.1 Å². The predicted molar refractivity (Wildman–Crippen MR) is 81.8 cm³/mol. The van der Waals surface area contributed by atoms with Crippen molar-refractivity contribution in [1.82, 2.24) is 0 Å². The topological polar surface area (TPSA) is 99.4 Å². The van der Waals surface area contributed by atoms with Crippen LogP contribution in [0.4, 0.5) is 0 Å². The van der Waals surface area contributed by atoms with Gasteiger partial charge in [-0.2, -0.15) is 0 Å². The second-order valence-corrected chi connectivity index (χ2v) is 7.81. The van der Waals surface area contributed by atoms with Gasteiger partial charge in [0.1, 0.15) is 5.60 Å². The molecule has 4 aliphatic rings. The van der Waals surface area contributed by atoms with E-state index in [-0.39, 0.29) is 24.4 Å². The molecule has 0 aromatic heterocycles. The number of aliphatic hydroxyl groups is 4. The lowest BCUT2D eigenvalue weighted by Crippen LogP contribution is -2.47. The molecular weight excluding hydrogens is 298 g/mol. The van der Waals surface area contributed by atoms with Gasteiger partial charge in [0.15, 0.2) is 0 Å². The number of rotatable bonds is 5. The lowest BCUT2D eigenvalue weighted by molar-refractivity contribution is -0.110. The summed E-state index contributed by atoms with van der Waals surface area (Å²) in [5, 5.41) is 39.9. The summed E-state index contributed by atoms with van der Waals surface area (Å²) in [6.45, 7) is 0.0964. The highest BCUT2D eigenvalue weighted by molar-refractivity contribution is 6.29. The van der Waals surface area contributed by atoms with Crippen LogP contribution in [0.1, 0.15) is 25.7 Å². The Labute approximate surface area is 137 Å². The number of aliphatic hydroxyl groups excluding tert-OH is 4. The lowest BCUT2D eigenvalue weighted by atomic mass is 9.71. The summed E-state index contributed by atoms with van der Waals surface area (Å²) in [6.07, 6.45) is 0.750. The van der Waals surface area contributed by atoms with Crippen molar-refractivity contribution in [2.75, 3.05) is 13.2 Å². The highest BCUT2D eigenvalue weighted by Gasteiger charge is 2.69. The maximum atomic E-state index is 10.4. The van der Waals surface area contributed by atoms with Gasteiger partial charge in [-0.05, 0) is 37.4 Å². The summed E-state index contributed by atoms with van der Waals surface area (Å²) in [5.41, 5.74) is -1.31. The first-order valence-corrected chi connectivity index (χ1v) is 8.49. The van der Waals surface area contributed by atoms with Gasteiger partial charge in [-0.3, -0.25) is 0 Å². The minimum atomic E-state index is -0.890. The minimum Gasteiger partial charge on any atom is -0.437 e. The molecule has 23 heavy (non-hydrogen) atoms. The van der Waals surface area contributed by atoms with Crippen molar-refractivity contribution in [2.45, 2.75) is 61.4 Å². The van der Waals surface area contributed by atoms with Gasteiger partial charge in [-0.1, -0.05) is 0 Å². The van der Waals surface area contributed by atoms with Gasteiger partial charge in [0, 0.05) is 17.9 Å². The third-order valence-electron chi connectivity index (χ3n) is 6.67. The number of ether oxygens (including phenoxy) is 1. The molecule has 125 valence electrons. The van der Waals surface area contributed by atoms with Gasteiger partial charge in [0.05, 0.1) is 38.8 Å². The van der Waals surface area contributed by atoms with Gasteiger partial charge in [0.25, 0.3) is 0 Å². The molecule has 0 unspecified atom stereocenters. The Bertz CT molecular complexity index is 479. The third-order valence-corrected chi connectivity index (χ3v) is 6.67. The molecule has 0 amide bonds. The number of hydrogen-bond acceptors (Lipinski definition) is 6. The van der Waals surface area contributed by atoms with Gasteiger partial charge < -0.3 is 29.8 Å². The van der Waals surface area contributed by atoms with Gasteiger partial charge in [-0.25, -0.2) is 0 Å². The fourth-order valence-corrected chi connectivity index (χ4v) is 5.05. The smallest absolute Gasteiger partial charge is 0.324 e. The highest BCUT2D eigenvalue weighted by atomic mass is 16.6. The standard InChI is InChI=1S/C15H23B2O6/c16-9-8-4-14(8,12(21)10(9)19)6-22-17-13-7-2-1-3-15(5-18,23-13)11(7)20/h7-13,18-21H,1-6H2/t7-,8-,9-,10+,11+,12+,13-,14+,15-/m1/s1. The monoisotopic (exact) mass is 321 g/mol. The molecule has 1 saturated heterocycles. The molecule has 0 aromatic rings. The summed E-state index contributed by atoms with van der Waals surface area (Å²) in [6, 6.07) is -0.356. The van der Waals surface area contributed by atoms with Crippen molar-refractivity contribution in [1.29, 1.82) is 0 Å². The van der Waals surface area contributed by atoms with E-state index in [9.17, 15) is 20.4 Å². The fourth-order valence-electron chi connectivity index (χ4n) is 5.05. The van der Waals surface area contributed by atoms with Crippen molar-refractivity contribution in [2.24, 2.45) is 17.3 Å². The first kappa shape index (κ1) is 16.4. The Balaban J connectivity index is 1.35. The van der Waals surface area contributed by atoms with E-state index in [1.165, 1.54) is 0 Å². The molecule has 4 rings (SSSR count). The first-order valence-electron chi connectivity index (χ1n) is 8.49. The second kappa shape index (κ2) is 5.44. The van der Waals surface area contributed by atoms with Crippen LogP contribution in [-0.2, 0) is 9.39 Å². The highest BCUT2D eigenvalue weighted by Crippen LogP contribution is 2.67. The summed E-state index contributed by atoms with van der Waals surface area (Å²) in [7, 11) is 7.48. The Morgan fingerprint density at radius 2 is 2.04 bits per heavy atom. The molecule has 8 heteroatoms. The van der Waals surface area contributed by atoms with Gasteiger partial charge in [0.2, 0.25) is 0 Å². The van der Waals surface area contributed by atoms with Crippen molar-refractivity contribution in [3.05, 3.63) is 0 Å². The minimum absolute atomic E-state index is 0.0650. The summed E-state index contributed by atoms with van der Waals surface area (Å²) in [4.78, 5) is 0. The van der Waals surface area contributed by atoms with Crippen LogP contribution in [-0.4, -0.2) is 78.9 Å². The van der Waals surface area contributed by atoms with Crippen LogP contribution in [0.3, 0.4) is 0 Å². The fraction of sp³-hybridized carbons (Fsp3) is 1.00. The summed E-state index contributed by atoms with van der Waals surface area (Å²) in [5.74, 6) is -0.362. The molecule has 2 bridgehead atoms. The van der Waals surface area contributed by atoms with Crippen LogP contribution in [0.5, 0.6) is 0 Å². The summed E-state index contributed by atoms with van der Waals surface area (Å²) >= 11 is 0. The molecule has 3 saturated carbocycles. The molecule has 6 nitrogen and oxygen atoms in total. The van der Waals surface area contributed by atoms with Crippen LogP contribution in [0.2, 0.25) is 5.82 Å². The molecule has 3 aliphatic carbocycles. The Morgan fingerprint density at radius 3 is 2.65 bits per heavy atom. The van der Waals surface area contributed by atoms with Crippen LogP contribution in [0, 0.1) is 17.3 Å². The largest absolute Gasteiger partial charge is 0.437 e. The first-order chi connectivity index (χ1) is 10.9. The average Bonchev–Trinajstić information content (AvgIpc) is 3.22. The molecule has 0 aromatic carbocycles. The molecule has 1 heterocycles. The van der Waals surface area contributed by atoms with Gasteiger partial charge in [-0.15, -0.1) is 0 Å². The third kappa shape index (κ3) is 2.19. The van der Waals surface area contributed by atoms with Gasteiger partial charge >= 0.3 is 7.48 Å². The lowest BCUT2D eigenvalue weighted by Gasteiger charge is -2.34. The molecule has 3 radical (unpaired) electrons. The maximum absolute atomic E-state index is 10.4. The van der Waals surface area contributed by atoms with E-state index in [1.54, 1.807) is 7.48 Å². The van der Waals surface area contributed by atoms with E-state index in [0.717, 1.165) is 19.3 Å². The normalized spacial score (nSPS) is 57.3. The molecule has 4 fully saturated rings. The molecule has 4 N–H and O–H groups in total. The number of fused-ring (bicyclic) bond motifs is 3. The zero-order valence-electron chi connectivity index (χ0n) is 13.0. The second-order valence-electron chi connectivity index (χ2n) is 7.81. The average molecular weight is 321 g/mol. The van der Waals surface area contributed by atoms with Crippen LogP contribution in [0.25, 0.3) is 0 Å².